The number of nitrogens with zero attached hydrogens (tertiary/aromatic N) is 2. The van der Waals surface area contributed by atoms with Crippen LogP contribution < -0.4 is 15.0 Å². The van der Waals surface area contributed by atoms with Crippen LogP contribution in [-0.2, 0) is 0 Å². The lowest BCUT2D eigenvalue weighted by atomic mass is 10.1. The minimum atomic E-state index is -3.02. The van der Waals surface area contributed by atoms with Gasteiger partial charge in [-0.1, -0.05) is 18.2 Å². The molecular formula is C19H13F2N3O3. The van der Waals surface area contributed by atoms with Crippen LogP contribution in [0.1, 0.15) is 11.4 Å². The fraction of sp³-hybridized carbons (Fsp3) is 0.105. The molecule has 0 bridgehead atoms. The highest BCUT2D eigenvalue weighted by Crippen LogP contribution is 2.30. The van der Waals surface area contributed by atoms with Crippen molar-refractivity contribution in [1.29, 1.82) is 5.26 Å². The summed E-state index contributed by atoms with van der Waals surface area (Å²) >= 11 is 0. The number of benzene rings is 2. The molecule has 0 radical (unpaired) electrons. The van der Waals surface area contributed by atoms with Gasteiger partial charge in [0.2, 0.25) is 0 Å². The number of methoxy groups -OCH3 is 1. The first-order valence-electron chi connectivity index (χ1n) is 7.76. The topological polar surface area (TPSA) is 88.0 Å². The van der Waals surface area contributed by atoms with E-state index < -0.39 is 6.61 Å². The van der Waals surface area contributed by atoms with E-state index in [1.165, 1.54) is 25.3 Å². The second-order valence-electron chi connectivity index (χ2n) is 5.39. The van der Waals surface area contributed by atoms with Crippen molar-refractivity contribution in [3.8, 4) is 17.6 Å². The lowest BCUT2D eigenvalue weighted by Gasteiger charge is -2.10. The summed E-state index contributed by atoms with van der Waals surface area (Å²) in [6, 6.07) is 13.0. The normalized spacial score (nSPS) is 11.4. The molecule has 6 nitrogen and oxygen atoms in total. The lowest BCUT2D eigenvalue weighted by Crippen LogP contribution is -2.11. The van der Waals surface area contributed by atoms with E-state index in [0.29, 0.717) is 16.5 Å². The Bertz CT molecular complexity index is 1120. The van der Waals surface area contributed by atoms with Crippen molar-refractivity contribution < 1.29 is 18.3 Å². The quantitative estimate of drug-likeness (QED) is 0.694. The van der Waals surface area contributed by atoms with Crippen LogP contribution in [0.5, 0.6) is 11.5 Å². The fourth-order valence-corrected chi connectivity index (χ4v) is 2.51. The zero-order valence-electron chi connectivity index (χ0n) is 14.1. The minimum absolute atomic E-state index is 0.0611. The van der Waals surface area contributed by atoms with Gasteiger partial charge in [0.15, 0.2) is 17.3 Å². The molecule has 0 aliphatic rings. The van der Waals surface area contributed by atoms with Gasteiger partial charge in [-0.15, -0.1) is 0 Å². The Labute approximate surface area is 152 Å². The molecule has 0 aliphatic carbocycles. The van der Waals surface area contributed by atoms with Crippen LogP contribution in [0.2, 0.25) is 0 Å². The van der Waals surface area contributed by atoms with Gasteiger partial charge in [0.1, 0.15) is 6.07 Å². The second-order valence-corrected chi connectivity index (χ2v) is 5.39. The number of fused-ring (bicyclic) bond motifs is 1. The van der Waals surface area contributed by atoms with Gasteiger partial charge in [0.25, 0.3) is 5.56 Å². The van der Waals surface area contributed by atoms with E-state index in [1.54, 1.807) is 30.3 Å². The Hall–Kier alpha value is -3.73. The van der Waals surface area contributed by atoms with Crippen LogP contribution in [0, 0.1) is 11.3 Å². The first-order valence-corrected chi connectivity index (χ1v) is 7.76. The molecule has 0 aliphatic heterocycles. The van der Waals surface area contributed by atoms with Crippen molar-refractivity contribution in [2.45, 2.75) is 6.61 Å². The highest BCUT2D eigenvalue weighted by molar-refractivity contribution is 5.89. The summed E-state index contributed by atoms with van der Waals surface area (Å²) in [4.78, 5) is 19.0. The summed E-state index contributed by atoms with van der Waals surface area (Å²) < 4.78 is 34.5. The van der Waals surface area contributed by atoms with Crippen LogP contribution in [0.4, 0.5) is 8.78 Å². The summed E-state index contributed by atoms with van der Waals surface area (Å²) in [5, 5.41) is 9.86. The standard InChI is InChI=1S/C19H13F2N3O3/c1-26-15-7-6-11(9-16(15)27-19(20)21)8-12(10-22)17-23-14-5-3-2-4-13(14)18(25)24-17/h2-9,19H,1H3,(H,23,24,25)/b12-8+. The first kappa shape index (κ1) is 18.1. The van der Waals surface area contributed by atoms with Crippen molar-refractivity contribution in [2.75, 3.05) is 7.11 Å². The number of halogens is 2. The lowest BCUT2D eigenvalue weighted by molar-refractivity contribution is -0.0512. The molecule has 0 saturated heterocycles. The molecular weight excluding hydrogens is 356 g/mol. The number of ether oxygens (including phenoxy) is 2. The molecule has 1 N–H and O–H groups in total. The van der Waals surface area contributed by atoms with Crippen molar-refractivity contribution >= 4 is 22.6 Å². The second kappa shape index (κ2) is 7.66. The van der Waals surface area contributed by atoms with Gasteiger partial charge < -0.3 is 14.5 Å². The van der Waals surface area contributed by atoms with Gasteiger partial charge >= 0.3 is 6.61 Å². The molecule has 0 unspecified atom stereocenters. The van der Waals surface area contributed by atoms with Crippen molar-refractivity contribution in [3.05, 3.63) is 64.2 Å². The fourth-order valence-electron chi connectivity index (χ4n) is 2.51. The number of aromatic nitrogens is 2. The van der Waals surface area contributed by atoms with E-state index in [1.807, 2.05) is 6.07 Å². The number of rotatable bonds is 5. The maximum absolute atomic E-state index is 12.6. The van der Waals surface area contributed by atoms with E-state index in [0.717, 1.165) is 0 Å². The molecule has 0 saturated carbocycles. The smallest absolute Gasteiger partial charge is 0.387 e. The number of para-hydroxylation sites is 1. The van der Waals surface area contributed by atoms with E-state index in [9.17, 15) is 18.8 Å². The third kappa shape index (κ3) is 3.93. The van der Waals surface area contributed by atoms with Crippen LogP contribution >= 0.6 is 0 Å². The molecule has 1 aromatic heterocycles. The largest absolute Gasteiger partial charge is 0.493 e. The third-order valence-electron chi connectivity index (χ3n) is 3.70. The van der Waals surface area contributed by atoms with Gasteiger partial charge in [-0.3, -0.25) is 4.79 Å². The Kier molecular flexibility index (Phi) is 5.13. The number of H-pyrrole nitrogens is 1. The van der Waals surface area contributed by atoms with Gasteiger partial charge in [0, 0.05) is 0 Å². The number of hydrogen-bond acceptors (Lipinski definition) is 5. The Morgan fingerprint density at radius 2 is 2.04 bits per heavy atom. The highest BCUT2D eigenvalue weighted by atomic mass is 19.3. The summed E-state index contributed by atoms with van der Waals surface area (Å²) in [7, 11) is 1.33. The third-order valence-corrected chi connectivity index (χ3v) is 3.70. The number of allylic oxidation sites excluding steroid dienone is 1. The average Bonchev–Trinajstić information content (AvgIpc) is 2.66. The molecule has 8 heteroatoms. The molecule has 2 aromatic carbocycles. The molecule has 3 aromatic rings. The van der Waals surface area contributed by atoms with Crippen molar-refractivity contribution in [1.82, 2.24) is 9.97 Å². The number of nitrogens with one attached hydrogen (secondary N) is 1. The number of hydrogen-bond donors (Lipinski definition) is 1. The average molecular weight is 369 g/mol. The van der Waals surface area contributed by atoms with Crippen molar-refractivity contribution in [3.63, 3.8) is 0 Å². The van der Waals surface area contributed by atoms with Crippen LogP contribution in [0.15, 0.2) is 47.3 Å². The predicted octanol–water partition coefficient (Wildman–Crippen LogP) is 3.60. The van der Waals surface area contributed by atoms with E-state index in [4.69, 9.17) is 4.74 Å². The zero-order chi connectivity index (χ0) is 19.4. The molecule has 0 amide bonds. The molecule has 1 heterocycles. The van der Waals surface area contributed by atoms with Gasteiger partial charge in [0.05, 0.1) is 23.6 Å². The van der Waals surface area contributed by atoms with Gasteiger partial charge in [-0.25, -0.2) is 4.98 Å². The molecule has 136 valence electrons. The van der Waals surface area contributed by atoms with E-state index >= 15 is 0 Å². The molecule has 0 spiro atoms. The predicted molar refractivity (Wildman–Crippen MR) is 95.5 cm³/mol. The van der Waals surface area contributed by atoms with Gasteiger partial charge in [-0.2, -0.15) is 14.0 Å². The zero-order valence-corrected chi connectivity index (χ0v) is 14.1. The Morgan fingerprint density at radius 3 is 2.74 bits per heavy atom. The number of aromatic amines is 1. The summed E-state index contributed by atoms with van der Waals surface area (Å²) in [6.07, 6.45) is 1.41. The maximum Gasteiger partial charge on any atom is 0.387 e. The SMILES string of the molecule is COc1ccc(/C=C(\C#N)c2nc3ccccc3c(=O)[nH]2)cc1OC(F)F. The Morgan fingerprint density at radius 1 is 1.26 bits per heavy atom. The van der Waals surface area contributed by atoms with E-state index in [-0.39, 0.29) is 28.5 Å². The molecule has 0 atom stereocenters. The number of nitriles is 1. The molecule has 3 rings (SSSR count). The molecule has 0 fully saturated rings. The monoisotopic (exact) mass is 369 g/mol. The summed E-state index contributed by atoms with van der Waals surface area (Å²) in [5.41, 5.74) is 0.520. The van der Waals surface area contributed by atoms with Crippen molar-refractivity contribution in [2.24, 2.45) is 0 Å². The van der Waals surface area contributed by atoms with Crippen LogP contribution in [0.25, 0.3) is 22.6 Å². The maximum atomic E-state index is 12.6. The first-order chi connectivity index (χ1) is 13.0. The van der Waals surface area contributed by atoms with Gasteiger partial charge in [-0.05, 0) is 35.9 Å². The molecule has 27 heavy (non-hydrogen) atoms. The minimum Gasteiger partial charge on any atom is -0.493 e. The van der Waals surface area contributed by atoms with Crippen LogP contribution in [0.3, 0.4) is 0 Å². The van der Waals surface area contributed by atoms with E-state index in [2.05, 4.69) is 14.7 Å². The summed E-state index contributed by atoms with van der Waals surface area (Å²) in [5.74, 6) is 0.0371. The number of alkyl halides is 2. The highest BCUT2D eigenvalue weighted by Gasteiger charge is 2.12. The van der Waals surface area contributed by atoms with Crippen LogP contribution in [-0.4, -0.2) is 23.7 Å². The Balaban J connectivity index is 2.07. The summed E-state index contributed by atoms with van der Waals surface area (Å²) in [6.45, 7) is -3.02.